The average Bonchev–Trinajstić information content (AvgIpc) is 2.65. The molecule has 2 saturated heterocycles. The van der Waals surface area contributed by atoms with Crippen molar-refractivity contribution in [2.24, 2.45) is 17.1 Å². The fraction of sp³-hybridized carbons (Fsp3) is 0.619. The summed E-state index contributed by atoms with van der Waals surface area (Å²) in [5.41, 5.74) is 7.11. The largest absolute Gasteiger partial charge is 0.497 e. The monoisotopic (exact) mass is 409 g/mol. The number of hydrogen-bond donors (Lipinski definition) is 1. The number of benzene rings is 1. The number of carbonyl (C=O) groups excluding carboxylic acids is 2. The number of carbonyl (C=O) groups is 2. The molecule has 3 rings (SSSR count). The second-order valence-electron chi connectivity index (χ2n) is 8.51. The van der Waals surface area contributed by atoms with Gasteiger partial charge in [-0.2, -0.15) is 0 Å². The quantitative estimate of drug-likeness (QED) is 0.832. The molecule has 156 valence electrons. The van der Waals surface area contributed by atoms with Crippen molar-refractivity contribution < 1.29 is 14.3 Å². The highest BCUT2D eigenvalue weighted by atomic mass is 35.5. The highest BCUT2D eigenvalue weighted by molar-refractivity contribution is 5.85. The Bertz CT molecular complexity index is 707. The lowest BCUT2D eigenvalue weighted by molar-refractivity contribution is -0.148. The highest BCUT2D eigenvalue weighted by Crippen LogP contribution is 2.39. The molecule has 6 nitrogen and oxygen atoms in total. The van der Waals surface area contributed by atoms with Crippen molar-refractivity contribution in [3.8, 4) is 5.75 Å². The molecule has 2 heterocycles. The molecule has 3 atom stereocenters. The van der Waals surface area contributed by atoms with Crippen molar-refractivity contribution in [1.82, 2.24) is 9.80 Å². The molecule has 2 aliphatic rings. The standard InChI is InChI=1S/C21H31N3O3.ClH/c1-21(2)13-24(12-11-17(21)22)20(26)16-9-10-18(25)23(3)19(16)14-5-7-15(27-4)8-6-14;/h5-8,16-17,19H,9-13,22H2,1-4H3;1H. The zero-order valence-corrected chi connectivity index (χ0v) is 18.0. The van der Waals surface area contributed by atoms with Crippen molar-refractivity contribution in [1.29, 1.82) is 0 Å². The van der Waals surface area contributed by atoms with Gasteiger partial charge in [0.25, 0.3) is 0 Å². The Morgan fingerprint density at radius 3 is 2.43 bits per heavy atom. The van der Waals surface area contributed by atoms with Crippen molar-refractivity contribution >= 4 is 24.2 Å². The Labute approximate surface area is 173 Å². The molecule has 0 saturated carbocycles. The summed E-state index contributed by atoms with van der Waals surface area (Å²) in [5, 5.41) is 0. The van der Waals surface area contributed by atoms with E-state index in [0.29, 0.717) is 25.9 Å². The van der Waals surface area contributed by atoms with Gasteiger partial charge in [0.15, 0.2) is 0 Å². The predicted molar refractivity (Wildman–Crippen MR) is 111 cm³/mol. The van der Waals surface area contributed by atoms with E-state index < -0.39 is 0 Å². The van der Waals surface area contributed by atoms with Crippen LogP contribution in [0.3, 0.4) is 0 Å². The van der Waals surface area contributed by atoms with E-state index in [-0.39, 0.29) is 47.6 Å². The minimum atomic E-state index is -0.247. The molecule has 1 aromatic rings. The lowest BCUT2D eigenvalue weighted by Crippen LogP contribution is -2.56. The van der Waals surface area contributed by atoms with Gasteiger partial charge in [-0.05, 0) is 36.0 Å². The lowest BCUT2D eigenvalue weighted by Gasteiger charge is -2.46. The Hall–Kier alpha value is -1.79. The second kappa shape index (κ2) is 8.70. The van der Waals surface area contributed by atoms with E-state index in [1.54, 1.807) is 19.1 Å². The Balaban J connectivity index is 0.00000280. The van der Waals surface area contributed by atoms with Gasteiger partial charge in [0, 0.05) is 32.6 Å². The van der Waals surface area contributed by atoms with Crippen LogP contribution in [-0.4, -0.2) is 54.9 Å². The Morgan fingerprint density at radius 1 is 1.21 bits per heavy atom. The van der Waals surface area contributed by atoms with Crippen LogP contribution >= 0.6 is 12.4 Å². The van der Waals surface area contributed by atoms with Gasteiger partial charge in [-0.1, -0.05) is 26.0 Å². The molecular formula is C21H32ClN3O3. The third kappa shape index (κ3) is 4.28. The van der Waals surface area contributed by atoms with E-state index in [0.717, 1.165) is 17.7 Å². The molecule has 0 radical (unpaired) electrons. The minimum absolute atomic E-state index is 0. The molecule has 0 spiro atoms. The van der Waals surface area contributed by atoms with Crippen LogP contribution in [0, 0.1) is 11.3 Å². The summed E-state index contributed by atoms with van der Waals surface area (Å²) in [7, 11) is 3.42. The zero-order valence-electron chi connectivity index (χ0n) is 17.2. The van der Waals surface area contributed by atoms with Crippen LogP contribution in [0.1, 0.15) is 44.7 Å². The Kier molecular flexibility index (Phi) is 6.99. The van der Waals surface area contributed by atoms with Gasteiger partial charge in [-0.25, -0.2) is 0 Å². The molecule has 2 fully saturated rings. The number of amides is 2. The summed E-state index contributed by atoms with van der Waals surface area (Å²) in [6, 6.07) is 7.53. The molecule has 3 unspecified atom stereocenters. The van der Waals surface area contributed by atoms with Crippen LogP contribution in [0.4, 0.5) is 0 Å². The maximum atomic E-state index is 13.4. The number of nitrogens with two attached hydrogens (primary N) is 1. The van der Waals surface area contributed by atoms with Crippen molar-refractivity contribution in [3.63, 3.8) is 0 Å². The van der Waals surface area contributed by atoms with E-state index in [2.05, 4.69) is 13.8 Å². The maximum Gasteiger partial charge on any atom is 0.228 e. The molecular weight excluding hydrogens is 378 g/mol. The van der Waals surface area contributed by atoms with Crippen LogP contribution in [0.25, 0.3) is 0 Å². The average molecular weight is 410 g/mol. The first-order valence-electron chi connectivity index (χ1n) is 9.68. The van der Waals surface area contributed by atoms with Crippen LogP contribution in [0.15, 0.2) is 24.3 Å². The fourth-order valence-corrected chi connectivity index (χ4v) is 4.35. The molecule has 2 amide bonds. The third-order valence-electron chi connectivity index (χ3n) is 6.26. The zero-order chi connectivity index (χ0) is 19.8. The number of rotatable bonds is 3. The second-order valence-corrected chi connectivity index (χ2v) is 8.51. The molecule has 0 aliphatic carbocycles. The maximum absolute atomic E-state index is 13.4. The topological polar surface area (TPSA) is 75.9 Å². The van der Waals surface area contributed by atoms with E-state index in [1.165, 1.54) is 0 Å². The first kappa shape index (κ1) is 22.5. The van der Waals surface area contributed by atoms with Gasteiger partial charge in [0.2, 0.25) is 11.8 Å². The number of halogens is 1. The number of methoxy groups -OCH3 is 1. The third-order valence-corrected chi connectivity index (χ3v) is 6.26. The molecule has 2 N–H and O–H groups in total. The number of nitrogens with zero attached hydrogens (tertiary/aromatic N) is 2. The Morgan fingerprint density at radius 2 is 1.86 bits per heavy atom. The summed E-state index contributed by atoms with van der Waals surface area (Å²) in [4.78, 5) is 29.5. The molecule has 0 bridgehead atoms. The van der Waals surface area contributed by atoms with Gasteiger partial charge in [-0.15, -0.1) is 12.4 Å². The summed E-state index contributed by atoms with van der Waals surface area (Å²) in [6.45, 7) is 5.59. The molecule has 1 aromatic carbocycles. The molecule has 28 heavy (non-hydrogen) atoms. The summed E-state index contributed by atoms with van der Waals surface area (Å²) >= 11 is 0. The molecule has 7 heteroatoms. The van der Waals surface area contributed by atoms with Crippen LogP contribution in [0.5, 0.6) is 5.75 Å². The van der Waals surface area contributed by atoms with Gasteiger partial charge in [0.05, 0.1) is 19.1 Å². The lowest BCUT2D eigenvalue weighted by atomic mass is 9.78. The molecule has 2 aliphatic heterocycles. The number of hydrogen-bond acceptors (Lipinski definition) is 4. The normalized spacial score (nSPS) is 27.2. The van der Waals surface area contributed by atoms with Crippen molar-refractivity contribution in [3.05, 3.63) is 29.8 Å². The first-order valence-corrected chi connectivity index (χ1v) is 9.68. The summed E-state index contributed by atoms with van der Waals surface area (Å²) in [5.74, 6) is 0.750. The summed E-state index contributed by atoms with van der Waals surface area (Å²) < 4.78 is 5.24. The van der Waals surface area contributed by atoms with Crippen molar-refractivity contribution in [2.45, 2.75) is 45.2 Å². The fourth-order valence-electron chi connectivity index (χ4n) is 4.35. The van der Waals surface area contributed by atoms with Gasteiger partial charge in [-0.3, -0.25) is 9.59 Å². The minimum Gasteiger partial charge on any atom is -0.497 e. The van der Waals surface area contributed by atoms with Gasteiger partial charge >= 0.3 is 0 Å². The van der Waals surface area contributed by atoms with E-state index in [1.807, 2.05) is 29.2 Å². The van der Waals surface area contributed by atoms with Crippen LogP contribution in [0.2, 0.25) is 0 Å². The SMILES string of the molecule is COc1ccc(C2C(C(=O)N3CCC(N)C(C)(C)C3)CCC(=O)N2C)cc1.Cl. The summed E-state index contributed by atoms with van der Waals surface area (Å²) in [6.07, 6.45) is 1.81. The first-order chi connectivity index (χ1) is 12.7. The number of piperidine rings is 2. The predicted octanol–water partition coefficient (Wildman–Crippen LogP) is 2.61. The number of ether oxygens (including phenoxy) is 1. The van der Waals surface area contributed by atoms with Gasteiger partial charge < -0.3 is 20.3 Å². The van der Waals surface area contributed by atoms with Crippen LogP contribution < -0.4 is 10.5 Å². The van der Waals surface area contributed by atoms with Gasteiger partial charge in [0.1, 0.15) is 5.75 Å². The highest BCUT2D eigenvalue weighted by Gasteiger charge is 2.43. The number of likely N-dealkylation sites (tertiary alicyclic amines) is 2. The van der Waals surface area contributed by atoms with E-state index >= 15 is 0 Å². The van der Waals surface area contributed by atoms with Crippen LogP contribution in [-0.2, 0) is 9.59 Å². The van der Waals surface area contributed by atoms with Crippen molar-refractivity contribution in [2.75, 3.05) is 27.2 Å². The van der Waals surface area contributed by atoms with E-state index in [4.69, 9.17) is 10.5 Å². The smallest absolute Gasteiger partial charge is 0.228 e. The van der Waals surface area contributed by atoms with E-state index in [9.17, 15) is 9.59 Å². The molecule has 0 aromatic heterocycles.